The van der Waals surface area contributed by atoms with Crippen LogP contribution < -0.4 is 5.73 Å². The number of amidine groups is 1. The maximum Gasteiger partial charge on any atom is 0.295 e. The first kappa shape index (κ1) is 20.8. The number of nitrogens with one attached hydrogen (secondary N) is 1. The molecule has 10 nitrogen and oxygen atoms in total. The summed E-state index contributed by atoms with van der Waals surface area (Å²) in [5.74, 6) is -1.79. The van der Waals surface area contributed by atoms with Gasteiger partial charge in [-0.1, -0.05) is 23.4 Å². The molecule has 4 rings (SSSR count). The Bertz CT molecular complexity index is 1300. The number of aromatic nitrogens is 5. The normalized spacial score (nSPS) is 11.5. The Kier molecular flexibility index (Phi) is 5.66. The highest BCUT2D eigenvalue weighted by molar-refractivity contribution is 5.87. The van der Waals surface area contributed by atoms with Gasteiger partial charge in [-0.3, -0.25) is 10.1 Å². The standard InChI is InChI=1S/C20H16F2N8O2/c1-11(23)32-20(24)27-18-14(22)9-25-19(26-18)16-8-17(15-6-7-31-29-15)30(28-16)10-12-4-2-3-5-13(12)21/h2-9,23H,10H2,1H3,(H2,24,25,26,27). The van der Waals surface area contributed by atoms with Gasteiger partial charge >= 0.3 is 0 Å². The van der Waals surface area contributed by atoms with Crippen LogP contribution in [0.1, 0.15) is 12.5 Å². The zero-order valence-corrected chi connectivity index (χ0v) is 16.7. The zero-order chi connectivity index (χ0) is 22.7. The van der Waals surface area contributed by atoms with Gasteiger partial charge in [0.05, 0.1) is 18.4 Å². The van der Waals surface area contributed by atoms with E-state index in [0.717, 1.165) is 6.20 Å². The highest BCUT2D eigenvalue weighted by Gasteiger charge is 2.18. The first-order chi connectivity index (χ1) is 15.4. The van der Waals surface area contributed by atoms with Crippen LogP contribution in [0.5, 0.6) is 0 Å². The molecule has 0 radical (unpaired) electrons. The third-order valence-electron chi connectivity index (χ3n) is 4.19. The summed E-state index contributed by atoms with van der Waals surface area (Å²) in [5, 5.41) is 15.6. The Balaban J connectivity index is 1.75. The second-order valence-electron chi connectivity index (χ2n) is 6.52. The van der Waals surface area contributed by atoms with Crippen molar-refractivity contribution in [3.05, 3.63) is 66.1 Å². The third-order valence-corrected chi connectivity index (χ3v) is 4.19. The molecule has 0 fully saturated rings. The number of halogens is 2. The molecule has 0 bridgehead atoms. The van der Waals surface area contributed by atoms with E-state index in [9.17, 15) is 8.78 Å². The number of hydrogen-bond acceptors (Lipinski definition) is 8. The van der Waals surface area contributed by atoms with E-state index in [2.05, 4.69) is 25.2 Å². The zero-order valence-electron chi connectivity index (χ0n) is 16.7. The first-order valence-electron chi connectivity index (χ1n) is 9.23. The topological polar surface area (TPSA) is 141 Å². The monoisotopic (exact) mass is 438 g/mol. The minimum Gasteiger partial charge on any atom is -0.412 e. The summed E-state index contributed by atoms with van der Waals surface area (Å²) < 4.78 is 39.6. The van der Waals surface area contributed by atoms with Gasteiger partial charge in [0.15, 0.2) is 23.4 Å². The number of nitrogens with zero attached hydrogens (tertiary/aromatic N) is 6. The van der Waals surface area contributed by atoms with Crippen LogP contribution >= 0.6 is 0 Å². The SMILES string of the molecule is CC(=N)OC(N)=Nc1nc(-c2cc(-c3ccon3)n(Cc3ccccc3F)n2)ncc1F. The minimum absolute atomic E-state index is 0.0431. The Hall–Kier alpha value is -4.48. The molecule has 12 heteroatoms. The van der Waals surface area contributed by atoms with Crippen molar-refractivity contribution in [3.63, 3.8) is 0 Å². The summed E-state index contributed by atoms with van der Waals surface area (Å²) in [6.07, 6.45) is 2.31. The fraction of sp³-hybridized carbons (Fsp3) is 0.100. The summed E-state index contributed by atoms with van der Waals surface area (Å²) >= 11 is 0. The number of nitrogens with two attached hydrogens (primary N) is 1. The lowest BCUT2D eigenvalue weighted by atomic mass is 10.2. The van der Waals surface area contributed by atoms with E-state index in [4.69, 9.17) is 20.4 Å². The van der Waals surface area contributed by atoms with Gasteiger partial charge in [0.1, 0.15) is 23.5 Å². The number of aliphatic imine (C=N–C) groups is 1. The summed E-state index contributed by atoms with van der Waals surface area (Å²) in [5.41, 5.74) is 7.18. The van der Waals surface area contributed by atoms with E-state index in [0.29, 0.717) is 17.0 Å². The van der Waals surface area contributed by atoms with Crippen molar-refractivity contribution in [1.82, 2.24) is 24.9 Å². The van der Waals surface area contributed by atoms with Gasteiger partial charge in [0, 0.05) is 18.6 Å². The fourth-order valence-electron chi connectivity index (χ4n) is 2.83. The molecule has 3 aromatic heterocycles. The molecule has 0 aliphatic rings. The molecule has 3 heterocycles. The van der Waals surface area contributed by atoms with Crippen LogP contribution in [-0.4, -0.2) is 36.8 Å². The van der Waals surface area contributed by atoms with E-state index in [1.165, 1.54) is 23.9 Å². The van der Waals surface area contributed by atoms with Crippen molar-refractivity contribution >= 4 is 17.7 Å². The maximum absolute atomic E-state index is 14.2. The van der Waals surface area contributed by atoms with Crippen LogP contribution in [0.4, 0.5) is 14.6 Å². The molecule has 0 spiro atoms. The van der Waals surface area contributed by atoms with E-state index in [1.54, 1.807) is 30.3 Å². The van der Waals surface area contributed by atoms with E-state index >= 15 is 0 Å². The van der Waals surface area contributed by atoms with E-state index in [1.807, 2.05) is 0 Å². The number of hydrogen-bond donors (Lipinski definition) is 2. The molecule has 3 N–H and O–H groups in total. The molecule has 1 aromatic carbocycles. The second kappa shape index (κ2) is 8.71. The van der Waals surface area contributed by atoms with Crippen LogP contribution in [-0.2, 0) is 11.3 Å². The highest BCUT2D eigenvalue weighted by Crippen LogP contribution is 2.26. The molecule has 32 heavy (non-hydrogen) atoms. The lowest BCUT2D eigenvalue weighted by Crippen LogP contribution is -2.18. The minimum atomic E-state index is -0.842. The second-order valence-corrected chi connectivity index (χ2v) is 6.52. The average Bonchev–Trinajstić information content (AvgIpc) is 3.40. The molecule has 0 saturated heterocycles. The largest absolute Gasteiger partial charge is 0.412 e. The predicted molar refractivity (Wildman–Crippen MR) is 110 cm³/mol. The number of ether oxygens (including phenoxy) is 1. The molecular weight excluding hydrogens is 422 g/mol. The Labute approximate surface area is 179 Å². The van der Waals surface area contributed by atoms with Crippen molar-refractivity contribution in [3.8, 4) is 22.9 Å². The van der Waals surface area contributed by atoms with Gasteiger partial charge in [0.25, 0.3) is 6.02 Å². The van der Waals surface area contributed by atoms with Crippen molar-refractivity contribution < 1.29 is 18.0 Å². The fourth-order valence-corrected chi connectivity index (χ4v) is 2.83. The quantitative estimate of drug-likeness (QED) is 0.360. The van der Waals surface area contributed by atoms with Crippen molar-refractivity contribution in [2.75, 3.05) is 0 Å². The molecule has 0 amide bonds. The van der Waals surface area contributed by atoms with Crippen molar-refractivity contribution in [1.29, 1.82) is 5.41 Å². The Morgan fingerprint density at radius 3 is 2.75 bits per heavy atom. The van der Waals surface area contributed by atoms with Gasteiger partial charge in [0.2, 0.25) is 0 Å². The summed E-state index contributed by atoms with van der Waals surface area (Å²) in [7, 11) is 0. The van der Waals surface area contributed by atoms with Gasteiger partial charge < -0.3 is 15.0 Å². The number of rotatable bonds is 5. The molecule has 0 aliphatic heterocycles. The van der Waals surface area contributed by atoms with Crippen molar-refractivity contribution in [2.24, 2.45) is 10.7 Å². The summed E-state index contributed by atoms with van der Waals surface area (Å²) in [4.78, 5) is 11.8. The van der Waals surface area contributed by atoms with Crippen LogP contribution in [0.3, 0.4) is 0 Å². The highest BCUT2D eigenvalue weighted by atomic mass is 19.1. The van der Waals surface area contributed by atoms with Gasteiger partial charge in [-0.05, 0) is 12.1 Å². The van der Waals surface area contributed by atoms with Gasteiger partial charge in [-0.25, -0.2) is 18.7 Å². The van der Waals surface area contributed by atoms with Crippen LogP contribution in [0, 0.1) is 17.0 Å². The lowest BCUT2D eigenvalue weighted by molar-refractivity contribution is 0.421. The first-order valence-corrected chi connectivity index (χ1v) is 9.23. The van der Waals surface area contributed by atoms with Crippen LogP contribution in [0.25, 0.3) is 22.9 Å². The van der Waals surface area contributed by atoms with Crippen LogP contribution in [0.15, 0.2) is 58.4 Å². The summed E-state index contributed by atoms with van der Waals surface area (Å²) in [6.45, 7) is 1.44. The summed E-state index contributed by atoms with van der Waals surface area (Å²) in [6, 6.07) is 9.08. The molecular formula is C20H16F2N8O2. The predicted octanol–water partition coefficient (Wildman–Crippen LogP) is 3.28. The molecule has 4 aromatic rings. The van der Waals surface area contributed by atoms with E-state index < -0.39 is 11.8 Å². The maximum atomic E-state index is 14.2. The molecule has 162 valence electrons. The molecule has 0 atom stereocenters. The Morgan fingerprint density at radius 2 is 2.03 bits per heavy atom. The Morgan fingerprint density at radius 1 is 1.22 bits per heavy atom. The van der Waals surface area contributed by atoms with Gasteiger partial charge in [-0.2, -0.15) is 10.1 Å². The molecule has 0 aliphatic carbocycles. The average molecular weight is 438 g/mol. The molecule has 0 saturated carbocycles. The third kappa shape index (κ3) is 4.48. The van der Waals surface area contributed by atoms with Crippen LogP contribution in [0.2, 0.25) is 0 Å². The smallest absolute Gasteiger partial charge is 0.295 e. The molecule has 0 unspecified atom stereocenters. The van der Waals surface area contributed by atoms with E-state index in [-0.39, 0.29) is 35.6 Å². The lowest BCUT2D eigenvalue weighted by Gasteiger charge is -2.06. The number of benzene rings is 1. The van der Waals surface area contributed by atoms with Gasteiger partial charge in [-0.15, -0.1) is 0 Å². The van der Waals surface area contributed by atoms with Crippen molar-refractivity contribution in [2.45, 2.75) is 13.5 Å².